The molecule has 0 radical (unpaired) electrons. The van der Waals surface area contributed by atoms with Crippen LogP contribution >= 0.6 is 0 Å². The molecule has 0 saturated carbocycles. The highest BCUT2D eigenvalue weighted by atomic mass is 16.5. The van der Waals surface area contributed by atoms with E-state index in [2.05, 4.69) is 32.9 Å². The molecule has 0 amide bonds. The van der Waals surface area contributed by atoms with Gasteiger partial charge in [-0.1, -0.05) is 44.1 Å². The van der Waals surface area contributed by atoms with Crippen LogP contribution < -0.4 is 0 Å². The van der Waals surface area contributed by atoms with Crippen LogP contribution in [0.15, 0.2) is 35.5 Å². The smallest absolute Gasteiger partial charge is 0.330 e. The van der Waals surface area contributed by atoms with Crippen molar-refractivity contribution in [3.63, 3.8) is 0 Å². The monoisotopic (exact) mass is 292 g/mol. The van der Waals surface area contributed by atoms with E-state index in [1.165, 1.54) is 24.8 Å². The molecule has 2 nitrogen and oxygen atoms in total. The van der Waals surface area contributed by atoms with Gasteiger partial charge in [0.1, 0.15) is 0 Å². The molecule has 1 atom stereocenters. The molecule has 1 unspecified atom stereocenters. The molecule has 0 N–H and O–H groups in total. The van der Waals surface area contributed by atoms with Crippen molar-refractivity contribution in [2.45, 2.75) is 66.7 Å². The van der Waals surface area contributed by atoms with Crippen molar-refractivity contribution >= 4 is 5.97 Å². The maximum absolute atomic E-state index is 11.3. The van der Waals surface area contributed by atoms with Crippen molar-refractivity contribution in [3.8, 4) is 0 Å². The largest absolute Gasteiger partial charge is 0.463 e. The molecule has 0 aliphatic carbocycles. The van der Waals surface area contributed by atoms with E-state index in [9.17, 15) is 4.79 Å². The highest BCUT2D eigenvalue weighted by molar-refractivity contribution is 5.83. The molecular formula is C19H32O2. The van der Waals surface area contributed by atoms with E-state index < -0.39 is 0 Å². The lowest BCUT2D eigenvalue weighted by Gasteiger charge is -2.11. The molecule has 0 rings (SSSR count). The summed E-state index contributed by atoms with van der Waals surface area (Å²) in [6, 6.07) is 0. The first-order valence-electron chi connectivity index (χ1n) is 8.20. The van der Waals surface area contributed by atoms with Crippen molar-refractivity contribution in [1.82, 2.24) is 0 Å². The van der Waals surface area contributed by atoms with Gasteiger partial charge >= 0.3 is 5.97 Å². The van der Waals surface area contributed by atoms with Gasteiger partial charge in [-0.3, -0.25) is 0 Å². The molecule has 0 bridgehead atoms. The van der Waals surface area contributed by atoms with Crippen molar-refractivity contribution in [3.05, 3.63) is 35.5 Å². The fourth-order valence-electron chi connectivity index (χ4n) is 2.06. The summed E-state index contributed by atoms with van der Waals surface area (Å²) in [6.45, 7) is 10.8. The van der Waals surface area contributed by atoms with Gasteiger partial charge < -0.3 is 4.74 Å². The zero-order chi connectivity index (χ0) is 16.1. The highest BCUT2D eigenvalue weighted by Crippen LogP contribution is 2.18. The van der Waals surface area contributed by atoms with Crippen LogP contribution in [0.2, 0.25) is 0 Å². The third kappa shape index (κ3) is 11.1. The summed E-state index contributed by atoms with van der Waals surface area (Å²) in [4.78, 5) is 11.3. The Morgan fingerprint density at radius 3 is 2.48 bits per heavy atom. The summed E-state index contributed by atoms with van der Waals surface area (Å²) < 4.78 is 4.89. The molecular weight excluding hydrogens is 260 g/mol. The van der Waals surface area contributed by atoms with E-state index in [0.717, 1.165) is 24.3 Å². The predicted molar refractivity (Wildman–Crippen MR) is 91.2 cm³/mol. The summed E-state index contributed by atoms with van der Waals surface area (Å²) in [5, 5.41) is 0. The Labute approximate surface area is 131 Å². The number of hydrogen-bond acceptors (Lipinski definition) is 2. The normalized spacial score (nSPS) is 14.5. The van der Waals surface area contributed by atoms with Gasteiger partial charge in [-0.15, -0.1) is 0 Å². The van der Waals surface area contributed by atoms with Gasteiger partial charge in [-0.05, 0) is 57.9 Å². The zero-order valence-electron chi connectivity index (χ0n) is 14.4. The molecule has 0 aromatic heterocycles. The first-order chi connectivity index (χ1) is 10.0. The molecule has 21 heavy (non-hydrogen) atoms. The van der Waals surface area contributed by atoms with E-state index in [1.54, 1.807) is 6.08 Å². The summed E-state index contributed by atoms with van der Waals surface area (Å²) >= 11 is 0. The van der Waals surface area contributed by atoms with Gasteiger partial charge in [0, 0.05) is 6.08 Å². The molecule has 0 saturated heterocycles. The van der Waals surface area contributed by atoms with Gasteiger partial charge in [0.15, 0.2) is 0 Å². The van der Waals surface area contributed by atoms with Crippen molar-refractivity contribution in [2.24, 2.45) is 5.92 Å². The molecule has 0 aliphatic heterocycles. The fraction of sp³-hybridized carbons (Fsp3) is 0.632. The second-order valence-corrected chi connectivity index (χ2v) is 5.53. The van der Waals surface area contributed by atoms with Crippen LogP contribution in [0.25, 0.3) is 0 Å². The van der Waals surface area contributed by atoms with E-state index >= 15 is 0 Å². The predicted octanol–water partition coefficient (Wildman–Crippen LogP) is 5.60. The van der Waals surface area contributed by atoms with Crippen molar-refractivity contribution in [2.75, 3.05) is 6.61 Å². The SMILES string of the molecule is CCOC(=O)C=C(C)C=CCC(CC)CCC=C(C)CC. The fourth-order valence-corrected chi connectivity index (χ4v) is 2.06. The van der Waals surface area contributed by atoms with Gasteiger partial charge in [0.2, 0.25) is 0 Å². The maximum atomic E-state index is 11.3. The summed E-state index contributed by atoms with van der Waals surface area (Å²) in [6.07, 6.45) is 13.9. The summed E-state index contributed by atoms with van der Waals surface area (Å²) in [7, 11) is 0. The number of carbonyl (C=O) groups is 1. The number of esters is 1. The highest BCUT2D eigenvalue weighted by Gasteiger charge is 2.03. The third-order valence-corrected chi connectivity index (χ3v) is 3.69. The zero-order valence-corrected chi connectivity index (χ0v) is 14.4. The van der Waals surface area contributed by atoms with E-state index in [4.69, 9.17) is 4.74 Å². The lowest BCUT2D eigenvalue weighted by Crippen LogP contribution is -2.00. The van der Waals surface area contributed by atoms with Crippen molar-refractivity contribution in [1.29, 1.82) is 0 Å². The van der Waals surface area contributed by atoms with E-state index in [-0.39, 0.29) is 5.97 Å². The second-order valence-electron chi connectivity index (χ2n) is 5.53. The summed E-state index contributed by atoms with van der Waals surface area (Å²) in [5.74, 6) is 0.462. The maximum Gasteiger partial charge on any atom is 0.330 e. The van der Waals surface area contributed by atoms with Crippen LogP contribution in [-0.4, -0.2) is 12.6 Å². The van der Waals surface area contributed by atoms with E-state index in [0.29, 0.717) is 6.61 Å². The average molecular weight is 292 g/mol. The number of rotatable bonds is 10. The van der Waals surface area contributed by atoms with Crippen LogP contribution in [0.3, 0.4) is 0 Å². The number of hydrogen-bond donors (Lipinski definition) is 0. The molecule has 2 heteroatoms. The standard InChI is InChI=1S/C19H32O2/c1-6-16(4)11-9-13-18(7-2)14-10-12-17(5)15-19(20)21-8-3/h10-12,15,18H,6-9,13-14H2,1-5H3. The Bertz CT molecular complexity index is 375. The van der Waals surface area contributed by atoms with Crippen LogP contribution in [0, 0.1) is 5.92 Å². The van der Waals surface area contributed by atoms with Gasteiger partial charge in [0.25, 0.3) is 0 Å². The number of carbonyl (C=O) groups excluding carboxylic acids is 1. The molecule has 0 spiro atoms. The molecule has 0 aliphatic rings. The molecule has 0 aromatic rings. The molecule has 120 valence electrons. The number of allylic oxidation sites excluding steroid dienone is 5. The lowest BCUT2D eigenvalue weighted by atomic mass is 9.95. The minimum absolute atomic E-state index is 0.258. The summed E-state index contributed by atoms with van der Waals surface area (Å²) in [5.41, 5.74) is 2.43. The minimum atomic E-state index is -0.258. The second kappa shape index (κ2) is 12.4. The third-order valence-electron chi connectivity index (χ3n) is 3.69. The van der Waals surface area contributed by atoms with E-state index in [1.807, 2.05) is 19.9 Å². The van der Waals surface area contributed by atoms with Crippen LogP contribution in [-0.2, 0) is 9.53 Å². The van der Waals surface area contributed by atoms with Gasteiger partial charge in [-0.25, -0.2) is 4.79 Å². The molecule has 0 fully saturated rings. The van der Waals surface area contributed by atoms with Crippen LogP contribution in [0.4, 0.5) is 0 Å². The Morgan fingerprint density at radius 2 is 1.90 bits per heavy atom. The Balaban J connectivity index is 4.20. The molecule has 0 aromatic carbocycles. The topological polar surface area (TPSA) is 26.3 Å². The first-order valence-corrected chi connectivity index (χ1v) is 8.20. The van der Waals surface area contributed by atoms with Crippen LogP contribution in [0.5, 0.6) is 0 Å². The first kappa shape index (κ1) is 19.7. The Kier molecular flexibility index (Phi) is 11.7. The van der Waals surface area contributed by atoms with Crippen LogP contribution in [0.1, 0.15) is 66.7 Å². The van der Waals surface area contributed by atoms with Gasteiger partial charge in [0.05, 0.1) is 6.61 Å². The molecule has 0 heterocycles. The minimum Gasteiger partial charge on any atom is -0.463 e. The van der Waals surface area contributed by atoms with Crippen molar-refractivity contribution < 1.29 is 9.53 Å². The Morgan fingerprint density at radius 1 is 1.19 bits per heavy atom. The average Bonchev–Trinajstić information content (AvgIpc) is 2.45. The quantitative estimate of drug-likeness (QED) is 0.226. The number of ether oxygens (including phenoxy) is 1. The van der Waals surface area contributed by atoms with Gasteiger partial charge in [-0.2, -0.15) is 0 Å². The Hall–Kier alpha value is -1.31. The lowest BCUT2D eigenvalue weighted by molar-refractivity contribution is -0.137.